The molecule has 1 amide bonds. The fourth-order valence-electron chi connectivity index (χ4n) is 2.55. The lowest BCUT2D eigenvalue weighted by Gasteiger charge is -2.20. The number of fused-ring (bicyclic) bond motifs is 1. The van der Waals surface area contributed by atoms with Gasteiger partial charge in [0, 0.05) is 11.1 Å². The van der Waals surface area contributed by atoms with Gasteiger partial charge in [-0.05, 0) is 38.3 Å². The Bertz CT molecular complexity index is 1040. The zero-order valence-corrected chi connectivity index (χ0v) is 16.9. The molecule has 0 aliphatic carbocycles. The van der Waals surface area contributed by atoms with E-state index in [-0.39, 0.29) is 35.1 Å². The number of hydrogen-bond donors (Lipinski definition) is 1. The standard InChI is InChI=1S/C19H20FN3O2S2/c1-19(2,3)22-15(24)11-27-18-21-14-8-9-26-16(14)17(25)23(18)10-12-6-4-5-7-13(12)20/h4-9H,10-11H2,1-3H3,(H,22,24). The number of aromatic nitrogens is 2. The number of hydrogen-bond acceptors (Lipinski definition) is 5. The number of benzene rings is 1. The van der Waals surface area contributed by atoms with Crippen LogP contribution in [0.25, 0.3) is 10.2 Å². The van der Waals surface area contributed by atoms with Crippen LogP contribution in [0.3, 0.4) is 0 Å². The van der Waals surface area contributed by atoms with Gasteiger partial charge in [0.05, 0.1) is 17.8 Å². The Morgan fingerprint density at radius 2 is 2.04 bits per heavy atom. The molecule has 8 heteroatoms. The maximum Gasteiger partial charge on any atom is 0.272 e. The summed E-state index contributed by atoms with van der Waals surface area (Å²) >= 11 is 2.48. The lowest BCUT2D eigenvalue weighted by Crippen LogP contribution is -2.41. The van der Waals surface area contributed by atoms with Gasteiger partial charge in [-0.3, -0.25) is 14.2 Å². The molecule has 1 N–H and O–H groups in total. The Morgan fingerprint density at radius 3 is 2.74 bits per heavy atom. The van der Waals surface area contributed by atoms with E-state index in [4.69, 9.17) is 0 Å². The maximum absolute atomic E-state index is 14.1. The molecule has 2 aromatic heterocycles. The van der Waals surface area contributed by atoms with Gasteiger partial charge in [0.25, 0.3) is 5.56 Å². The second kappa shape index (κ2) is 7.82. The average molecular weight is 406 g/mol. The smallest absolute Gasteiger partial charge is 0.272 e. The van der Waals surface area contributed by atoms with Crippen LogP contribution >= 0.6 is 23.1 Å². The van der Waals surface area contributed by atoms with Gasteiger partial charge in [0.1, 0.15) is 10.5 Å². The van der Waals surface area contributed by atoms with Gasteiger partial charge in [-0.25, -0.2) is 9.37 Å². The first-order chi connectivity index (χ1) is 12.7. The summed E-state index contributed by atoms with van der Waals surface area (Å²) < 4.78 is 16.0. The number of nitrogens with one attached hydrogen (secondary N) is 1. The summed E-state index contributed by atoms with van der Waals surface area (Å²) in [6.45, 7) is 5.77. The molecule has 0 atom stereocenters. The highest BCUT2D eigenvalue weighted by molar-refractivity contribution is 7.99. The van der Waals surface area contributed by atoms with Crippen LogP contribution < -0.4 is 10.9 Å². The summed E-state index contributed by atoms with van der Waals surface area (Å²) in [7, 11) is 0. The fraction of sp³-hybridized carbons (Fsp3) is 0.316. The summed E-state index contributed by atoms with van der Waals surface area (Å²) in [5.41, 5.74) is 0.429. The van der Waals surface area contributed by atoms with Gasteiger partial charge in [-0.1, -0.05) is 30.0 Å². The topological polar surface area (TPSA) is 64.0 Å². The molecule has 3 rings (SSSR count). The third-order valence-electron chi connectivity index (χ3n) is 3.66. The number of thioether (sulfide) groups is 1. The minimum absolute atomic E-state index is 0.0650. The van der Waals surface area contributed by atoms with Crippen molar-refractivity contribution in [2.45, 2.75) is 38.0 Å². The predicted molar refractivity (Wildman–Crippen MR) is 108 cm³/mol. The van der Waals surface area contributed by atoms with E-state index in [2.05, 4.69) is 10.3 Å². The van der Waals surface area contributed by atoms with Crippen LogP contribution in [0.15, 0.2) is 45.7 Å². The fourth-order valence-corrected chi connectivity index (χ4v) is 4.13. The van der Waals surface area contributed by atoms with Crippen molar-refractivity contribution in [1.82, 2.24) is 14.9 Å². The highest BCUT2D eigenvalue weighted by atomic mass is 32.2. The summed E-state index contributed by atoms with van der Waals surface area (Å²) in [6, 6.07) is 8.11. The van der Waals surface area contributed by atoms with E-state index in [0.717, 1.165) is 0 Å². The lowest BCUT2D eigenvalue weighted by atomic mass is 10.1. The molecule has 2 heterocycles. The molecule has 5 nitrogen and oxygen atoms in total. The number of thiophene rings is 1. The van der Waals surface area contributed by atoms with Crippen LogP contribution in [0.2, 0.25) is 0 Å². The number of halogens is 1. The highest BCUT2D eigenvalue weighted by Crippen LogP contribution is 2.22. The first-order valence-corrected chi connectivity index (χ1v) is 10.3. The second-order valence-electron chi connectivity index (χ2n) is 7.10. The second-order valence-corrected chi connectivity index (χ2v) is 8.96. The number of carbonyl (C=O) groups is 1. The van der Waals surface area contributed by atoms with Gasteiger partial charge in [-0.2, -0.15) is 0 Å². The third-order valence-corrected chi connectivity index (χ3v) is 5.53. The summed E-state index contributed by atoms with van der Waals surface area (Å²) in [4.78, 5) is 29.6. The SMILES string of the molecule is CC(C)(C)NC(=O)CSc1nc2ccsc2c(=O)n1Cc1ccccc1F. The number of carbonyl (C=O) groups excluding carboxylic acids is 1. The van der Waals surface area contributed by atoms with Crippen LogP contribution in [0.4, 0.5) is 4.39 Å². The van der Waals surface area contributed by atoms with Crippen LogP contribution in [0.1, 0.15) is 26.3 Å². The molecule has 0 radical (unpaired) electrons. The van der Waals surface area contributed by atoms with Crippen molar-refractivity contribution in [2.24, 2.45) is 0 Å². The zero-order valence-electron chi connectivity index (χ0n) is 15.3. The minimum atomic E-state index is -0.378. The Morgan fingerprint density at radius 1 is 1.30 bits per heavy atom. The van der Waals surface area contributed by atoms with Gasteiger partial charge >= 0.3 is 0 Å². The largest absolute Gasteiger partial charge is 0.351 e. The Labute approximate surface area is 164 Å². The minimum Gasteiger partial charge on any atom is -0.351 e. The Balaban J connectivity index is 1.94. The van der Waals surface area contributed by atoms with Crippen molar-refractivity contribution in [3.63, 3.8) is 0 Å². The van der Waals surface area contributed by atoms with E-state index >= 15 is 0 Å². The summed E-state index contributed by atoms with van der Waals surface area (Å²) in [6.07, 6.45) is 0. The van der Waals surface area contributed by atoms with Gasteiger partial charge in [0.15, 0.2) is 5.16 Å². The van der Waals surface area contributed by atoms with Crippen LogP contribution in [-0.2, 0) is 11.3 Å². The van der Waals surface area contributed by atoms with E-state index in [1.165, 1.54) is 33.7 Å². The molecule has 0 saturated carbocycles. The molecule has 0 fully saturated rings. The van der Waals surface area contributed by atoms with Crippen LogP contribution in [0.5, 0.6) is 0 Å². The van der Waals surface area contributed by atoms with Crippen molar-refractivity contribution in [2.75, 3.05) is 5.75 Å². The molecular formula is C19H20FN3O2S2. The molecule has 142 valence electrons. The van der Waals surface area contributed by atoms with E-state index < -0.39 is 0 Å². The van der Waals surface area contributed by atoms with E-state index in [1.54, 1.807) is 29.6 Å². The number of amides is 1. The van der Waals surface area contributed by atoms with Gasteiger partial charge in [-0.15, -0.1) is 11.3 Å². The quantitative estimate of drug-likeness (QED) is 0.520. The monoisotopic (exact) mass is 405 g/mol. The molecule has 0 spiro atoms. The molecule has 0 aliphatic rings. The van der Waals surface area contributed by atoms with Gasteiger partial charge < -0.3 is 5.32 Å². The molecule has 0 aliphatic heterocycles. The molecular weight excluding hydrogens is 385 g/mol. The zero-order chi connectivity index (χ0) is 19.6. The summed E-state index contributed by atoms with van der Waals surface area (Å²) in [5, 5.41) is 5.08. The normalized spacial score (nSPS) is 11.7. The van der Waals surface area contributed by atoms with E-state index in [1.807, 2.05) is 20.8 Å². The molecule has 0 saturated heterocycles. The molecule has 0 bridgehead atoms. The Kier molecular flexibility index (Phi) is 5.67. The first kappa shape index (κ1) is 19.6. The molecule has 3 aromatic rings. The van der Waals surface area contributed by atoms with Crippen molar-refractivity contribution < 1.29 is 9.18 Å². The molecule has 1 aromatic carbocycles. The summed E-state index contributed by atoms with van der Waals surface area (Å²) in [5.74, 6) is -0.405. The van der Waals surface area contributed by atoms with E-state index in [0.29, 0.717) is 20.9 Å². The molecule has 0 unspecified atom stereocenters. The average Bonchev–Trinajstić information content (AvgIpc) is 3.04. The Hall–Kier alpha value is -2.19. The lowest BCUT2D eigenvalue weighted by molar-refractivity contribution is -0.119. The van der Waals surface area contributed by atoms with E-state index in [9.17, 15) is 14.0 Å². The first-order valence-electron chi connectivity index (χ1n) is 8.40. The van der Waals surface area contributed by atoms with Crippen molar-refractivity contribution in [1.29, 1.82) is 0 Å². The highest BCUT2D eigenvalue weighted by Gasteiger charge is 2.18. The van der Waals surface area contributed by atoms with Crippen molar-refractivity contribution in [3.8, 4) is 0 Å². The predicted octanol–water partition coefficient (Wildman–Crippen LogP) is 3.65. The molecule has 27 heavy (non-hydrogen) atoms. The van der Waals surface area contributed by atoms with Crippen molar-refractivity contribution >= 4 is 39.2 Å². The van der Waals surface area contributed by atoms with Gasteiger partial charge in [0.2, 0.25) is 5.91 Å². The number of rotatable bonds is 5. The van der Waals surface area contributed by atoms with Crippen LogP contribution in [-0.4, -0.2) is 26.8 Å². The maximum atomic E-state index is 14.1. The van der Waals surface area contributed by atoms with Crippen LogP contribution in [0, 0.1) is 5.82 Å². The van der Waals surface area contributed by atoms with Crippen molar-refractivity contribution in [3.05, 3.63) is 57.4 Å². The number of nitrogens with zero attached hydrogens (tertiary/aromatic N) is 2. The third kappa shape index (κ3) is 4.75.